The Morgan fingerprint density at radius 1 is 1.06 bits per heavy atom. The number of rotatable bonds is 10. The normalized spacial score (nSPS) is 10.3. The van der Waals surface area contributed by atoms with E-state index < -0.39 is 17.8 Å². The molecule has 1 heterocycles. The zero-order valence-electron chi connectivity index (χ0n) is 18.9. The molecule has 0 aliphatic carbocycles. The van der Waals surface area contributed by atoms with Gasteiger partial charge in [0, 0.05) is 17.4 Å². The lowest BCUT2D eigenvalue weighted by atomic mass is 10.1. The summed E-state index contributed by atoms with van der Waals surface area (Å²) in [6.45, 7) is 1.59. The molecule has 3 aromatic rings. The SMILES string of the molecule is CCOC(=O)c1ccn(-c2cccc(NC(=O)c3cc(OC)c(OCC(N)=O)c(OC)c3)c2)n1. The van der Waals surface area contributed by atoms with Crippen molar-refractivity contribution in [2.75, 3.05) is 32.8 Å². The Hall–Kier alpha value is -4.54. The van der Waals surface area contributed by atoms with Crippen LogP contribution in [-0.4, -0.2) is 55.0 Å². The molecule has 0 aliphatic heterocycles. The van der Waals surface area contributed by atoms with Gasteiger partial charge in [-0.3, -0.25) is 9.59 Å². The molecule has 11 nitrogen and oxygen atoms in total. The van der Waals surface area contributed by atoms with Gasteiger partial charge in [0.05, 0.1) is 26.5 Å². The van der Waals surface area contributed by atoms with Crippen LogP contribution in [0.1, 0.15) is 27.8 Å². The summed E-state index contributed by atoms with van der Waals surface area (Å²) in [5.41, 5.74) is 6.65. The number of aromatic nitrogens is 2. The van der Waals surface area contributed by atoms with Crippen LogP contribution in [0.25, 0.3) is 5.69 Å². The number of esters is 1. The summed E-state index contributed by atoms with van der Waals surface area (Å²) in [5, 5.41) is 7.00. The number of benzene rings is 2. The van der Waals surface area contributed by atoms with E-state index in [1.54, 1.807) is 43.5 Å². The number of primary amides is 1. The van der Waals surface area contributed by atoms with E-state index in [0.29, 0.717) is 11.4 Å². The Bertz CT molecular complexity index is 1180. The number of ether oxygens (including phenoxy) is 4. The molecule has 0 aliphatic rings. The van der Waals surface area contributed by atoms with E-state index in [1.165, 1.54) is 31.0 Å². The van der Waals surface area contributed by atoms with E-state index in [-0.39, 0.29) is 41.7 Å². The lowest BCUT2D eigenvalue weighted by molar-refractivity contribution is -0.120. The molecule has 2 aromatic carbocycles. The fourth-order valence-electron chi connectivity index (χ4n) is 3.01. The van der Waals surface area contributed by atoms with Gasteiger partial charge in [-0.15, -0.1) is 0 Å². The van der Waals surface area contributed by atoms with Gasteiger partial charge in [-0.05, 0) is 43.3 Å². The third-order valence-electron chi connectivity index (χ3n) is 4.52. The molecule has 11 heteroatoms. The second-order valence-corrected chi connectivity index (χ2v) is 6.84. The summed E-state index contributed by atoms with van der Waals surface area (Å²) >= 11 is 0. The van der Waals surface area contributed by atoms with Crippen LogP contribution in [0, 0.1) is 0 Å². The van der Waals surface area contributed by atoms with Crippen LogP contribution in [0.2, 0.25) is 0 Å². The molecule has 0 fully saturated rings. The maximum Gasteiger partial charge on any atom is 0.358 e. The molecular weight excluding hydrogens is 444 g/mol. The van der Waals surface area contributed by atoms with Gasteiger partial charge in [0.25, 0.3) is 11.8 Å². The summed E-state index contributed by atoms with van der Waals surface area (Å²) in [6, 6.07) is 11.4. The average molecular weight is 468 g/mol. The van der Waals surface area contributed by atoms with Crippen molar-refractivity contribution in [2.24, 2.45) is 5.73 Å². The highest BCUT2D eigenvalue weighted by molar-refractivity contribution is 6.05. The van der Waals surface area contributed by atoms with Crippen molar-refractivity contribution < 1.29 is 33.3 Å². The van der Waals surface area contributed by atoms with Gasteiger partial charge < -0.3 is 30.0 Å². The van der Waals surface area contributed by atoms with E-state index >= 15 is 0 Å². The molecule has 0 saturated carbocycles. The molecule has 3 rings (SSSR count). The summed E-state index contributed by atoms with van der Waals surface area (Å²) in [4.78, 5) is 35.8. The number of nitrogens with one attached hydrogen (secondary N) is 1. The number of carbonyl (C=O) groups is 3. The standard InChI is InChI=1S/C23H24N4O7/c1-4-33-23(30)17-8-9-27(26-17)16-7-5-6-15(12-16)25-22(29)14-10-18(31-2)21(19(11-14)32-3)34-13-20(24)28/h5-12H,4,13H2,1-3H3,(H2,24,28)(H,25,29). The minimum absolute atomic E-state index is 0.151. The van der Waals surface area contributed by atoms with Crippen LogP contribution in [0.5, 0.6) is 17.2 Å². The quantitative estimate of drug-likeness (QED) is 0.431. The smallest absolute Gasteiger partial charge is 0.358 e. The number of nitrogens with two attached hydrogens (primary N) is 1. The van der Waals surface area contributed by atoms with Crippen molar-refractivity contribution in [3.63, 3.8) is 0 Å². The predicted molar refractivity (Wildman–Crippen MR) is 122 cm³/mol. The van der Waals surface area contributed by atoms with Crippen LogP contribution in [0.3, 0.4) is 0 Å². The van der Waals surface area contributed by atoms with Gasteiger partial charge in [0.1, 0.15) is 0 Å². The molecule has 3 N–H and O–H groups in total. The maximum atomic E-state index is 12.9. The fraction of sp³-hybridized carbons (Fsp3) is 0.217. The topological polar surface area (TPSA) is 144 Å². The Morgan fingerprint density at radius 3 is 2.38 bits per heavy atom. The number of methoxy groups -OCH3 is 2. The van der Waals surface area contributed by atoms with Crippen molar-refractivity contribution in [1.29, 1.82) is 0 Å². The highest BCUT2D eigenvalue weighted by Gasteiger charge is 2.19. The van der Waals surface area contributed by atoms with Gasteiger partial charge >= 0.3 is 5.97 Å². The number of carbonyl (C=O) groups excluding carboxylic acids is 3. The van der Waals surface area contributed by atoms with Gasteiger partial charge in [-0.25, -0.2) is 9.48 Å². The summed E-state index contributed by atoms with van der Waals surface area (Å²) < 4.78 is 22.4. The van der Waals surface area contributed by atoms with Gasteiger partial charge in [0.15, 0.2) is 23.8 Å². The molecular formula is C23H24N4O7. The molecule has 0 radical (unpaired) electrons. The lowest BCUT2D eigenvalue weighted by Crippen LogP contribution is -2.20. The van der Waals surface area contributed by atoms with Crippen LogP contribution in [0.15, 0.2) is 48.7 Å². The second kappa shape index (κ2) is 10.9. The van der Waals surface area contributed by atoms with Crippen LogP contribution in [0.4, 0.5) is 5.69 Å². The van der Waals surface area contributed by atoms with Crippen LogP contribution < -0.4 is 25.3 Å². The first-order chi connectivity index (χ1) is 16.4. The Morgan fingerprint density at radius 2 is 1.76 bits per heavy atom. The number of amides is 2. The van der Waals surface area contributed by atoms with Crippen molar-refractivity contribution >= 4 is 23.5 Å². The monoisotopic (exact) mass is 468 g/mol. The first-order valence-corrected chi connectivity index (χ1v) is 10.2. The van der Waals surface area contributed by atoms with Gasteiger partial charge in [-0.1, -0.05) is 6.07 Å². The fourth-order valence-corrected chi connectivity index (χ4v) is 3.01. The van der Waals surface area contributed by atoms with Crippen molar-refractivity contribution in [1.82, 2.24) is 9.78 Å². The van der Waals surface area contributed by atoms with Crippen molar-refractivity contribution in [3.8, 4) is 22.9 Å². The van der Waals surface area contributed by atoms with Crippen molar-refractivity contribution in [3.05, 3.63) is 59.9 Å². The highest BCUT2D eigenvalue weighted by atomic mass is 16.5. The Labute approximate surface area is 195 Å². The molecule has 34 heavy (non-hydrogen) atoms. The molecule has 0 unspecified atom stereocenters. The maximum absolute atomic E-state index is 12.9. The minimum Gasteiger partial charge on any atom is -0.493 e. The second-order valence-electron chi connectivity index (χ2n) is 6.84. The zero-order chi connectivity index (χ0) is 24.7. The van der Waals surface area contributed by atoms with Crippen molar-refractivity contribution in [2.45, 2.75) is 6.92 Å². The van der Waals surface area contributed by atoms with E-state index in [0.717, 1.165) is 0 Å². The van der Waals surface area contributed by atoms with E-state index in [1.807, 2.05) is 0 Å². The largest absolute Gasteiger partial charge is 0.493 e. The molecule has 0 spiro atoms. The van der Waals surface area contributed by atoms with Crippen LogP contribution >= 0.6 is 0 Å². The molecule has 178 valence electrons. The summed E-state index contributed by atoms with van der Waals surface area (Å²) in [5.74, 6) is -1.08. The van der Waals surface area contributed by atoms with E-state index in [9.17, 15) is 14.4 Å². The number of hydrogen-bond donors (Lipinski definition) is 2. The van der Waals surface area contributed by atoms with E-state index in [2.05, 4.69) is 10.4 Å². The summed E-state index contributed by atoms with van der Waals surface area (Å²) in [7, 11) is 2.79. The molecule has 2 amide bonds. The van der Waals surface area contributed by atoms with E-state index in [4.69, 9.17) is 24.7 Å². The van der Waals surface area contributed by atoms with Crippen LogP contribution in [-0.2, 0) is 9.53 Å². The Balaban J connectivity index is 1.82. The summed E-state index contributed by atoms with van der Waals surface area (Å²) in [6.07, 6.45) is 1.62. The Kier molecular flexibility index (Phi) is 7.70. The number of anilines is 1. The lowest BCUT2D eigenvalue weighted by Gasteiger charge is -2.15. The number of nitrogens with zero attached hydrogens (tertiary/aromatic N) is 2. The molecule has 0 atom stereocenters. The molecule has 0 bridgehead atoms. The van der Waals surface area contributed by atoms with Gasteiger partial charge in [-0.2, -0.15) is 5.10 Å². The van der Waals surface area contributed by atoms with Gasteiger partial charge in [0.2, 0.25) is 5.75 Å². The highest BCUT2D eigenvalue weighted by Crippen LogP contribution is 2.38. The third kappa shape index (κ3) is 5.63. The third-order valence-corrected chi connectivity index (χ3v) is 4.52. The average Bonchev–Trinajstić information content (AvgIpc) is 3.33. The minimum atomic E-state index is -0.669. The zero-order valence-corrected chi connectivity index (χ0v) is 18.9. The molecule has 0 saturated heterocycles. The number of hydrogen-bond acceptors (Lipinski definition) is 8. The first kappa shape index (κ1) is 24.1. The predicted octanol–water partition coefficient (Wildman–Crippen LogP) is 2.18. The first-order valence-electron chi connectivity index (χ1n) is 10.2. The molecule has 1 aromatic heterocycles.